The Labute approximate surface area is 117 Å². The van der Waals surface area contributed by atoms with Gasteiger partial charge in [-0.05, 0) is 31.4 Å². The van der Waals surface area contributed by atoms with Crippen LogP contribution in [0.1, 0.15) is 25.0 Å². The Hall–Kier alpha value is -1.10. The van der Waals surface area contributed by atoms with Crippen LogP contribution in [-0.2, 0) is 11.3 Å². The van der Waals surface area contributed by atoms with E-state index < -0.39 is 0 Å². The fraction of sp³-hybridized carbons (Fsp3) is 0.500. The summed E-state index contributed by atoms with van der Waals surface area (Å²) in [7, 11) is 1.79. The molecule has 1 saturated carbocycles. The number of fused-ring (bicyclic) bond motifs is 1. The van der Waals surface area contributed by atoms with Gasteiger partial charge in [-0.15, -0.1) is 0 Å². The smallest absolute Gasteiger partial charge is 0.137 e. The summed E-state index contributed by atoms with van der Waals surface area (Å²) in [4.78, 5) is 4.56. The van der Waals surface area contributed by atoms with Crippen molar-refractivity contribution >= 4 is 17.2 Å². The molecule has 0 saturated heterocycles. The molecule has 2 aromatic rings. The highest BCUT2D eigenvalue weighted by Gasteiger charge is 2.23. The van der Waals surface area contributed by atoms with Crippen molar-refractivity contribution in [2.75, 3.05) is 7.11 Å². The zero-order valence-electron chi connectivity index (χ0n) is 11.0. The summed E-state index contributed by atoms with van der Waals surface area (Å²) in [5, 5.41) is 4.27. The van der Waals surface area contributed by atoms with Gasteiger partial charge in [0.15, 0.2) is 0 Å². The Morgan fingerprint density at radius 2 is 2.32 bits per heavy atom. The van der Waals surface area contributed by atoms with Crippen LogP contribution in [0.3, 0.4) is 0 Å². The normalized spacial score (nSPS) is 23.3. The van der Waals surface area contributed by atoms with Gasteiger partial charge in [0.1, 0.15) is 5.65 Å². The van der Waals surface area contributed by atoms with Crippen molar-refractivity contribution in [3.63, 3.8) is 0 Å². The van der Waals surface area contributed by atoms with Gasteiger partial charge in [0.2, 0.25) is 0 Å². The topological polar surface area (TPSA) is 38.6 Å². The average Bonchev–Trinajstić information content (AvgIpc) is 3.01. The summed E-state index contributed by atoms with van der Waals surface area (Å²) < 4.78 is 7.34. The largest absolute Gasteiger partial charge is 0.381 e. The number of halogens is 1. The molecule has 1 fully saturated rings. The standard InChI is InChI=1S/C14H18ClN3O/c1-19-13-4-3-11(6-13)16-7-12-9-18-8-10(15)2-5-14(18)17-12/h2,5,8-9,11,13,16H,3-4,6-7H2,1H3. The summed E-state index contributed by atoms with van der Waals surface area (Å²) in [6, 6.07) is 4.34. The Morgan fingerprint density at radius 1 is 1.42 bits per heavy atom. The first-order valence-electron chi connectivity index (χ1n) is 6.64. The zero-order chi connectivity index (χ0) is 13.2. The molecule has 0 aliphatic heterocycles. The number of hydrogen-bond acceptors (Lipinski definition) is 3. The third-order valence-electron chi connectivity index (χ3n) is 3.75. The molecular weight excluding hydrogens is 262 g/mol. The first-order chi connectivity index (χ1) is 9.24. The highest BCUT2D eigenvalue weighted by Crippen LogP contribution is 2.21. The van der Waals surface area contributed by atoms with Crippen LogP contribution in [-0.4, -0.2) is 28.6 Å². The molecule has 3 rings (SSSR count). The van der Waals surface area contributed by atoms with E-state index in [1.54, 1.807) is 7.11 Å². The van der Waals surface area contributed by atoms with Gasteiger partial charge in [-0.2, -0.15) is 0 Å². The molecule has 0 radical (unpaired) electrons. The summed E-state index contributed by atoms with van der Waals surface area (Å²) >= 11 is 5.96. The van der Waals surface area contributed by atoms with Crippen LogP contribution in [0.15, 0.2) is 24.5 Å². The van der Waals surface area contributed by atoms with Crippen LogP contribution < -0.4 is 5.32 Å². The molecule has 0 amide bonds. The first kappa shape index (κ1) is 12.9. The second-order valence-corrected chi connectivity index (χ2v) is 5.53. The second kappa shape index (κ2) is 5.49. The number of pyridine rings is 1. The van der Waals surface area contributed by atoms with Gasteiger partial charge < -0.3 is 14.5 Å². The van der Waals surface area contributed by atoms with Crippen molar-refractivity contribution in [1.82, 2.24) is 14.7 Å². The minimum absolute atomic E-state index is 0.414. The zero-order valence-corrected chi connectivity index (χ0v) is 11.7. The molecular formula is C14H18ClN3O. The predicted molar refractivity (Wildman–Crippen MR) is 75.5 cm³/mol. The Balaban J connectivity index is 1.62. The van der Waals surface area contributed by atoms with Gasteiger partial charge in [0, 0.05) is 32.1 Å². The molecule has 1 aliphatic carbocycles. The van der Waals surface area contributed by atoms with E-state index in [0.29, 0.717) is 12.1 Å². The lowest BCUT2D eigenvalue weighted by atomic mass is 10.2. The van der Waals surface area contributed by atoms with E-state index in [9.17, 15) is 0 Å². The van der Waals surface area contributed by atoms with Crippen LogP contribution in [0.4, 0.5) is 0 Å². The molecule has 0 spiro atoms. The summed E-state index contributed by atoms with van der Waals surface area (Å²) in [5.41, 5.74) is 1.98. The van der Waals surface area contributed by atoms with E-state index in [-0.39, 0.29) is 0 Å². The van der Waals surface area contributed by atoms with E-state index >= 15 is 0 Å². The molecule has 0 bridgehead atoms. The van der Waals surface area contributed by atoms with Crippen molar-refractivity contribution in [2.45, 2.75) is 38.0 Å². The lowest BCUT2D eigenvalue weighted by molar-refractivity contribution is 0.107. The Morgan fingerprint density at radius 3 is 3.11 bits per heavy atom. The van der Waals surface area contributed by atoms with Crippen molar-refractivity contribution in [2.24, 2.45) is 0 Å². The van der Waals surface area contributed by atoms with E-state index in [2.05, 4.69) is 10.3 Å². The third kappa shape index (κ3) is 2.91. The van der Waals surface area contributed by atoms with Gasteiger partial charge in [-0.3, -0.25) is 0 Å². The summed E-state index contributed by atoms with van der Waals surface area (Å²) in [5.74, 6) is 0. The number of nitrogens with one attached hydrogen (secondary N) is 1. The molecule has 0 aromatic carbocycles. The highest BCUT2D eigenvalue weighted by molar-refractivity contribution is 6.30. The molecule has 2 aromatic heterocycles. The lowest BCUT2D eigenvalue weighted by Gasteiger charge is -2.11. The summed E-state index contributed by atoms with van der Waals surface area (Å²) in [6.07, 6.45) is 7.74. The highest BCUT2D eigenvalue weighted by atomic mass is 35.5. The molecule has 5 heteroatoms. The third-order valence-corrected chi connectivity index (χ3v) is 3.98. The minimum Gasteiger partial charge on any atom is -0.381 e. The molecule has 4 nitrogen and oxygen atoms in total. The van der Waals surface area contributed by atoms with Crippen molar-refractivity contribution < 1.29 is 4.74 Å². The number of hydrogen-bond donors (Lipinski definition) is 1. The number of ether oxygens (including phenoxy) is 1. The van der Waals surface area contributed by atoms with Crippen molar-refractivity contribution in [3.8, 4) is 0 Å². The first-order valence-corrected chi connectivity index (χ1v) is 7.01. The Kier molecular flexibility index (Phi) is 3.73. The monoisotopic (exact) mass is 279 g/mol. The summed E-state index contributed by atoms with van der Waals surface area (Å²) in [6.45, 7) is 0.792. The van der Waals surface area contributed by atoms with Crippen LogP contribution in [0.2, 0.25) is 5.02 Å². The van der Waals surface area contributed by atoms with Crippen molar-refractivity contribution in [1.29, 1.82) is 0 Å². The predicted octanol–water partition coefficient (Wildman–Crippen LogP) is 2.64. The fourth-order valence-corrected chi connectivity index (χ4v) is 2.86. The van der Waals surface area contributed by atoms with Crippen LogP contribution >= 0.6 is 11.6 Å². The van der Waals surface area contributed by atoms with Crippen LogP contribution in [0, 0.1) is 0 Å². The van der Waals surface area contributed by atoms with Gasteiger partial charge in [0.05, 0.1) is 16.8 Å². The number of rotatable bonds is 4. The number of methoxy groups -OCH3 is 1. The van der Waals surface area contributed by atoms with E-state index in [4.69, 9.17) is 16.3 Å². The van der Waals surface area contributed by atoms with Gasteiger partial charge in [0.25, 0.3) is 0 Å². The molecule has 1 aliphatic rings. The van der Waals surface area contributed by atoms with Crippen molar-refractivity contribution in [3.05, 3.63) is 35.2 Å². The molecule has 1 N–H and O–H groups in total. The average molecular weight is 280 g/mol. The maximum absolute atomic E-state index is 5.96. The molecule has 2 unspecified atom stereocenters. The minimum atomic E-state index is 0.414. The fourth-order valence-electron chi connectivity index (χ4n) is 2.69. The van der Waals surface area contributed by atoms with Crippen LogP contribution in [0.5, 0.6) is 0 Å². The quantitative estimate of drug-likeness (QED) is 0.935. The molecule has 102 valence electrons. The molecule has 19 heavy (non-hydrogen) atoms. The van der Waals surface area contributed by atoms with Gasteiger partial charge in [-0.1, -0.05) is 11.6 Å². The van der Waals surface area contributed by atoms with Gasteiger partial charge in [-0.25, -0.2) is 4.98 Å². The maximum atomic E-state index is 5.96. The maximum Gasteiger partial charge on any atom is 0.137 e. The van der Waals surface area contributed by atoms with E-state index in [0.717, 1.165) is 35.8 Å². The second-order valence-electron chi connectivity index (χ2n) is 5.09. The molecule has 2 heterocycles. The number of imidazole rings is 1. The van der Waals surface area contributed by atoms with Crippen LogP contribution in [0.25, 0.3) is 5.65 Å². The number of nitrogens with zero attached hydrogens (tertiary/aromatic N) is 2. The molecule has 2 atom stereocenters. The van der Waals surface area contributed by atoms with E-state index in [1.807, 2.05) is 28.9 Å². The Bertz CT molecular complexity index is 569. The van der Waals surface area contributed by atoms with E-state index in [1.165, 1.54) is 6.42 Å². The number of aromatic nitrogens is 2. The van der Waals surface area contributed by atoms with Gasteiger partial charge >= 0.3 is 0 Å². The SMILES string of the molecule is COC1CCC(NCc2cn3cc(Cl)ccc3n2)C1. The lowest BCUT2D eigenvalue weighted by Crippen LogP contribution is -2.26.